The fourth-order valence-corrected chi connectivity index (χ4v) is 4.25. The van der Waals surface area contributed by atoms with Crippen LogP contribution in [0.4, 0.5) is 0 Å². The Balaban J connectivity index is 1.77. The summed E-state index contributed by atoms with van der Waals surface area (Å²) in [4.78, 5) is 38.1. The van der Waals surface area contributed by atoms with Crippen LogP contribution in [0.3, 0.4) is 0 Å². The molecule has 0 saturated carbocycles. The van der Waals surface area contributed by atoms with Crippen molar-refractivity contribution in [3.63, 3.8) is 0 Å². The maximum Gasteiger partial charge on any atom is 0.255 e. The molecule has 7 nitrogen and oxygen atoms in total. The van der Waals surface area contributed by atoms with Crippen LogP contribution in [0.15, 0.2) is 18.2 Å². The predicted octanol–water partition coefficient (Wildman–Crippen LogP) is 1.30. The number of piperidine rings is 1. The van der Waals surface area contributed by atoms with Crippen molar-refractivity contribution in [1.29, 1.82) is 0 Å². The molecule has 28 heavy (non-hydrogen) atoms. The molecule has 1 aromatic rings. The quantitative estimate of drug-likeness (QED) is 0.613. The molecule has 4 N–H and O–H groups in total. The highest BCUT2D eigenvalue weighted by molar-refractivity contribution is 6.05. The van der Waals surface area contributed by atoms with Gasteiger partial charge in [0.25, 0.3) is 5.91 Å². The summed E-state index contributed by atoms with van der Waals surface area (Å²) in [5, 5.41) is 5.91. The first-order valence-corrected chi connectivity index (χ1v) is 9.94. The molecule has 0 aliphatic carbocycles. The molecule has 1 fully saturated rings. The lowest BCUT2D eigenvalue weighted by molar-refractivity contribution is -0.136. The number of nitrogens with one attached hydrogen (secondary N) is 2. The van der Waals surface area contributed by atoms with Gasteiger partial charge in [0.1, 0.15) is 6.04 Å². The average Bonchev–Trinajstić information content (AvgIpc) is 2.97. The van der Waals surface area contributed by atoms with Crippen LogP contribution in [0.5, 0.6) is 0 Å². The van der Waals surface area contributed by atoms with Crippen molar-refractivity contribution >= 4 is 17.7 Å². The van der Waals surface area contributed by atoms with E-state index in [9.17, 15) is 14.4 Å². The first-order chi connectivity index (χ1) is 13.2. The van der Waals surface area contributed by atoms with E-state index in [1.165, 1.54) is 0 Å². The second-order valence-electron chi connectivity index (χ2n) is 8.56. The number of imide groups is 1. The lowest BCUT2D eigenvalue weighted by atomic mass is 9.90. The second-order valence-corrected chi connectivity index (χ2v) is 8.56. The molecule has 1 saturated heterocycles. The van der Waals surface area contributed by atoms with Crippen LogP contribution >= 0.6 is 0 Å². The van der Waals surface area contributed by atoms with Crippen LogP contribution in [0.25, 0.3) is 0 Å². The molecule has 2 unspecified atom stereocenters. The number of hydrogen-bond donors (Lipinski definition) is 3. The molecule has 0 aromatic heterocycles. The van der Waals surface area contributed by atoms with E-state index in [1.54, 1.807) is 4.90 Å². The van der Waals surface area contributed by atoms with E-state index in [4.69, 9.17) is 5.73 Å². The van der Waals surface area contributed by atoms with Crippen molar-refractivity contribution < 1.29 is 14.4 Å². The van der Waals surface area contributed by atoms with E-state index >= 15 is 0 Å². The van der Waals surface area contributed by atoms with Gasteiger partial charge in [0.2, 0.25) is 11.8 Å². The van der Waals surface area contributed by atoms with Gasteiger partial charge < -0.3 is 16.0 Å². The zero-order valence-electron chi connectivity index (χ0n) is 16.9. The third-order valence-electron chi connectivity index (χ3n) is 5.69. The van der Waals surface area contributed by atoms with E-state index in [-0.39, 0.29) is 29.7 Å². The summed E-state index contributed by atoms with van der Waals surface area (Å²) < 4.78 is 0. The molecular weight excluding hydrogens is 356 g/mol. The van der Waals surface area contributed by atoms with Crippen LogP contribution in [-0.4, -0.2) is 40.7 Å². The Morgan fingerprint density at radius 1 is 1.32 bits per heavy atom. The number of nitrogens with zero attached hydrogens (tertiary/aromatic N) is 1. The van der Waals surface area contributed by atoms with E-state index in [1.807, 2.05) is 18.2 Å². The monoisotopic (exact) mass is 386 g/mol. The number of rotatable bonds is 7. The summed E-state index contributed by atoms with van der Waals surface area (Å²) in [5.41, 5.74) is 8.46. The normalized spacial score (nSPS) is 21.7. The van der Waals surface area contributed by atoms with Crippen LogP contribution < -0.4 is 16.4 Å². The zero-order chi connectivity index (χ0) is 20.5. The van der Waals surface area contributed by atoms with Gasteiger partial charge in [-0.15, -0.1) is 0 Å². The van der Waals surface area contributed by atoms with Gasteiger partial charge in [0, 0.05) is 37.2 Å². The smallest absolute Gasteiger partial charge is 0.255 e. The minimum atomic E-state index is -0.589. The molecular formula is C21H30N4O3. The summed E-state index contributed by atoms with van der Waals surface area (Å²) in [6.07, 6.45) is 1.59. The average molecular weight is 386 g/mol. The third-order valence-corrected chi connectivity index (χ3v) is 5.69. The van der Waals surface area contributed by atoms with E-state index < -0.39 is 6.04 Å². The fraction of sp³-hybridized carbons (Fsp3) is 0.571. The van der Waals surface area contributed by atoms with Gasteiger partial charge in [-0.05, 0) is 42.9 Å². The number of benzene rings is 1. The molecule has 0 spiro atoms. The molecule has 1 aromatic carbocycles. The number of fused-ring (bicyclic) bond motifs is 1. The molecule has 2 aliphatic heterocycles. The SMILES string of the molecule is CC(C)CC(C)(CN)NCc1cccc2c1CN(C1CCC(=O)NC1=O)C2=O. The molecule has 3 rings (SSSR count). The van der Waals surface area contributed by atoms with Crippen molar-refractivity contribution in [2.45, 2.75) is 64.7 Å². The van der Waals surface area contributed by atoms with Gasteiger partial charge in [-0.1, -0.05) is 26.0 Å². The first-order valence-electron chi connectivity index (χ1n) is 9.94. The second kappa shape index (κ2) is 8.01. The van der Waals surface area contributed by atoms with Gasteiger partial charge in [0.05, 0.1) is 0 Å². The predicted molar refractivity (Wildman–Crippen MR) is 106 cm³/mol. The summed E-state index contributed by atoms with van der Waals surface area (Å²) in [6, 6.07) is 5.11. The Labute approximate surface area is 166 Å². The summed E-state index contributed by atoms with van der Waals surface area (Å²) in [7, 11) is 0. The number of amides is 3. The highest BCUT2D eigenvalue weighted by Gasteiger charge is 2.39. The van der Waals surface area contributed by atoms with Crippen molar-refractivity contribution in [2.24, 2.45) is 11.7 Å². The van der Waals surface area contributed by atoms with Crippen molar-refractivity contribution in [3.05, 3.63) is 34.9 Å². The highest BCUT2D eigenvalue weighted by atomic mass is 16.2. The maximum atomic E-state index is 12.9. The van der Waals surface area contributed by atoms with Gasteiger partial charge >= 0.3 is 0 Å². The zero-order valence-corrected chi connectivity index (χ0v) is 16.9. The van der Waals surface area contributed by atoms with Crippen LogP contribution in [0, 0.1) is 5.92 Å². The number of carbonyl (C=O) groups is 3. The molecule has 2 heterocycles. The molecule has 152 valence electrons. The Morgan fingerprint density at radius 2 is 2.07 bits per heavy atom. The number of hydrogen-bond acceptors (Lipinski definition) is 5. The van der Waals surface area contributed by atoms with Crippen molar-refractivity contribution in [2.75, 3.05) is 6.54 Å². The Morgan fingerprint density at radius 3 is 2.71 bits per heavy atom. The molecule has 2 atom stereocenters. The van der Waals surface area contributed by atoms with E-state index in [0.717, 1.165) is 17.5 Å². The lowest BCUT2D eigenvalue weighted by Gasteiger charge is -2.32. The minimum Gasteiger partial charge on any atom is -0.329 e. The summed E-state index contributed by atoms with van der Waals surface area (Å²) in [5.74, 6) is -0.284. The first kappa shape index (κ1) is 20.5. The molecule has 3 amide bonds. The van der Waals surface area contributed by atoms with Crippen LogP contribution in [-0.2, 0) is 22.7 Å². The Bertz CT molecular complexity index is 792. The molecule has 0 bridgehead atoms. The number of nitrogens with two attached hydrogens (primary N) is 1. The topological polar surface area (TPSA) is 105 Å². The van der Waals surface area contributed by atoms with Gasteiger partial charge in [-0.2, -0.15) is 0 Å². The highest BCUT2D eigenvalue weighted by Crippen LogP contribution is 2.30. The molecule has 2 aliphatic rings. The minimum absolute atomic E-state index is 0.143. The fourth-order valence-electron chi connectivity index (χ4n) is 4.25. The Kier molecular flexibility index (Phi) is 5.86. The molecule has 0 radical (unpaired) electrons. The summed E-state index contributed by atoms with van der Waals surface area (Å²) in [6.45, 7) is 8.00. The maximum absolute atomic E-state index is 12.9. The van der Waals surface area contributed by atoms with E-state index in [0.29, 0.717) is 37.5 Å². The number of carbonyl (C=O) groups excluding carboxylic acids is 3. The standard InChI is InChI=1S/C21H30N4O3/c1-13(2)9-21(3,12-22)23-10-14-5-4-6-15-16(14)11-25(20(15)28)17-7-8-18(26)24-19(17)27/h4-6,13,17,23H,7-12,22H2,1-3H3,(H,24,26,27). The van der Waals surface area contributed by atoms with Crippen molar-refractivity contribution in [3.8, 4) is 0 Å². The third kappa shape index (κ3) is 4.10. The van der Waals surface area contributed by atoms with Crippen LogP contribution in [0.2, 0.25) is 0 Å². The van der Waals surface area contributed by atoms with Crippen molar-refractivity contribution in [1.82, 2.24) is 15.5 Å². The Hall–Kier alpha value is -2.25. The lowest BCUT2D eigenvalue weighted by Crippen LogP contribution is -2.52. The largest absolute Gasteiger partial charge is 0.329 e. The van der Waals surface area contributed by atoms with Gasteiger partial charge in [-0.25, -0.2) is 0 Å². The van der Waals surface area contributed by atoms with Crippen LogP contribution in [0.1, 0.15) is 61.5 Å². The van der Waals surface area contributed by atoms with Gasteiger partial charge in [0.15, 0.2) is 0 Å². The van der Waals surface area contributed by atoms with Gasteiger partial charge in [-0.3, -0.25) is 19.7 Å². The molecule has 7 heteroatoms. The summed E-state index contributed by atoms with van der Waals surface area (Å²) >= 11 is 0. The van der Waals surface area contributed by atoms with E-state index in [2.05, 4.69) is 31.4 Å².